The molecule has 1 aliphatic heterocycles. The number of hydrogen-bond donors (Lipinski definition) is 0. The van der Waals surface area contributed by atoms with Crippen molar-refractivity contribution in [3.05, 3.63) is 59.7 Å². The molecule has 166 valence electrons. The van der Waals surface area contributed by atoms with Gasteiger partial charge in [-0.2, -0.15) is 4.31 Å². The van der Waals surface area contributed by atoms with Gasteiger partial charge >= 0.3 is 5.97 Å². The zero-order chi connectivity index (χ0) is 22.6. The molecule has 1 amide bonds. The molecule has 1 heterocycles. The lowest BCUT2D eigenvalue weighted by atomic mass is 10.1. The molecule has 0 spiro atoms. The summed E-state index contributed by atoms with van der Waals surface area (Å²) in [6.07, 6.45) is 1.66. The van der Waals surface area contributed by atoms with Gasteiger partial charge in [0.25, 0.3) is 5.91 Å². The van der Waals surface area contributed by atoms with Crippen LogP contribution in [-0.4, -0.2) is 50.3 Å². The molecule has 0 radical (unpaired) electrons. The van der Waals surface area contributed by atoms with E-state index < -0.39 is 22.6 Å². The number of rotatable bonds is 7. The molecule has 2 aromatic rings. The number of aryl methyl sites for hydroxylation is 1. The van der Waals surface area contributed by atoms with Crippen LogP contribution >= 0.6 is 0 Å². The molecule has 0 atom stereocenters. The highest BCUT2D eigenvalue weighted by atomic mass is 32.2. The Kier molecular flexibility index (Phi) is 7.12. The SMILES string of the molecule is Cc1ccc(S(=O)(=O)N2CCCC2)cc1C(=O)OCC(=O)N(c1ccccc1)C(C)C. The molecule has 1 saturated heterocycles. The van der Waals surface area contributed by atoms with Crippen LogP contribution in [0.2, 0.25) is 0 Å². The molecule has 0 aliphatic carbocycles. The van der Waals surface area contributed by atoms with E-state index in [0.29, 0.717) is 24.3 Å². The number of anilines is 1. The summed E-state index contributed by atoms with van der Waals surface area (Å²) in [6.45, 7) is 5.99. The monoisotopic (exact) mass is 444 g/mol. The normalized spacial score (nSPS) is 14.6. The summed E-state index contributed by atoms with van der Waals surface area (Å²) in [5, 5.41) is 0. The number of ether oxygens (including phenoxy) is 1. The Balaban J connectivity index is 1.75. The molecule has 2 aromatic carbocycles. The van der Waals surface area contributed by atoms with E-state index in [-0.39, 0.29) is 22.4 Å². The van der Waals surface area contributed by atoms with Crippen LogP contribution in [0.15, 0.2) is 53.4 Å². The highest BCUT2D eigenvalue weighted by Gasteiger charge is 2.28. The summed E-state index contributed by atoms with van der Waals surface area (Å²) in [5.41, 5.74) is 1.44. The van der Waals surface area contributed by atoms with E-state index in [1.165, 1.54) is 16.4 Å². The quantitative estimate of drug-likeness (QED) is 0.612. The van der Waals surface area contributed by atoms with Crippen molar-refractivity contribution in [1.29, 1.82) is 0 Å². The van der Waals surface area contributed by atoms with Crippen LogP contribution in [0.3, 0.4) is 0 Å². The first-order valence-electron chi connectivity index (χ1n) is 10.4. The van der Waals surface area contributed by atoms with Gasteiger partial charge in [0.15, 0.2) is 6.61 Å². The number of amides is 1. The van der Waals surface area contributed by atoms with E-state index in [1.54, 1.807) is 17.9 Å². The molecule has 31 heavy (non-hydrogen) atoms. The van der Waals surface area contributed by atoms with Gasteiger partial charge in [0.2, 0.25) is 10.0 Å². The molecule has 1 aliphatic rings. The molecule has 0 aromatic heterocycles. The van der Waals surface area contributed by atoms with Crippen LogP contribution in [0.5, 0.6) is 0 Å². The van der Waals surface area contributed by atoms with Crippen molar-refractivity contribution < 1.29 is 22.7 Å². The van der Waals surface area contributed by atoms with Gasteiger partial charge in [-0.3, -0.25) is 4.79 Å². The highest BCUT2D eigenvalue weighted by Crippen LogP contribution is 2.24. The minimum atomic E-state index is -3.65. The average Bonchev–Trinajstić information content (AvgIpc) is 3.29. The van der Waals surface area contributed by atoms with Crippen LogP contribution in [0, 0.1) is 6.92 Å². The van der Waals surface area contributed by atoms with Gasteiger partial charge in [-0.25, -0.2) is 13.2 Å². The summed E-state index contributed by atoms with van der Waals surface area (Å²) >= 11 is 0. The number of sulfonamides is 1. The number of hydrogen-bond acceptors (Lipinski definition) is 5. The van der Waals surface area contributed by atoms with Gasteiger partial charge < -0.3 is 9.64 Å². The van der Waals surface area contributed by atoms with Gasteiger partial charge in [0, 0.05) is 24.8 Å². The van der Waals surface area contributed by atoms with Crippen molar-refractivity contribution in [3.8, 4) is 0 Å². The Morgan fingerprint density at radius 1 is 1.06 bits per heavy atom. The third kappa shape index (κ3) is 5.14. The number of benzene rings is 2. The standard InChI is InChI=1S/C23H28N2O5S/c1-17(2)25(19-9-5-4-6-10-19)22(26)16-30-23(27)21-15-20(12-11-18(21)3)31(28,29)24-13-7-8-14-24/h4-6,9-12,15,17H,7-8,13-14,16H2,1-3H3. The zero-order valence-electron chi connectivity index (χ0n) is 18.1. The van der Waals surface area contributed by atoms with Crippen molar-refractivity contribution in [2.75, 3.05) is 24.6 Å². The number of nitrogens with zero attached hydrogens (tertiary/aromatic N) is 2. The fourth-order valence-electron chi connectivity index (χ4n) is 3.65. The third-order valence-corrected chi connectivity index (χ3v) is 7.17. The first kappa shape index (κ1) is 23.0. The number of carbonyl (C=O) groups excluding carboxylic acids is 2. The number of para-hydroxylation sites is 1. The smallest absolute Gasteiger partial charge is 0.338 e. The lowest BCUT2D eigenvalue weighted by Gasteiger charge is -2.26. The first-order valence-corrected chi connectivity index (χ1v) is 11.8. The zero-order valence-corrected chi connectivity index (χ0v) is 18.9. The molecule has 1 fully saturated rings. The van der Waals surface area contributed by atoms with Gasteiger partial charge in [0.05, 0.1) is 10.5 Å². The second kappa shape index (κ2) is 9.62. The van der Waals surface area contributed by atoms with E-state index in [2.05, 4.69) is 0 Å². The molecule has 8 heteroatoms. The molecule has 3 rings (SSSR count). The number of esters is 1. The summed E-state index contributed by atoms with van der Waals surface area (Å²) in [5.74, 6) is -1.07. The predicted octanol–water partition coefficient (Wildman–Crippen LogP) is 3.38. The van der Waals surface area contributed by atoms with Crippen LogP contribution in [0.4, 0.5) is 5.69 Å². The summed E-state index contributed by atoms with van der Waals surface area (Å²) < 4.78 is 32.3. The van der Waals surface area contributed by atoms with Crippen LogP contribution < -0.4 is 4.90 Å². The van der Waals surface area contributed by atoms with Crippen molar-refractivity contribution in [3.63, 3.8) is 0 Å². The maximum atomic E-state index is 12.8. The molecule has 0 unspecified atom stereocenters. The largest absolute Gasteiger partial charge is 0.452 e. The molecule has 7 nitrogen and oxygen atoms in total. The Hall–Kier alpha value is -2.71. The Bertz CT molecular complexity index is 1040. The van der Waals surface area contributed by atoms with E-state index in [0.717, 1.165) is 12.8 Å². The second-order valence-electron chi connectivity index (χ2n) is 7.86. The van der Waals surface area contributed by atoms with Crippen LogP contribution in [0.25, 0.3) is 0 Å². The molecule has 0 bridgehead atoms. The summed E-state index contributed by atoms with van der Waals surface area (Å²) in [6, 6.07) is 13.5. The first-order chi connectivity index (χ1) is 14.7. The Labute approximate surface area is 183 Å². The topological polar surface area (TPSA) is 84.0 Å². The fourth-order valence-corrected chi connectivity index (χ4v) is 5.20. The predicted molar refractivity (Wildman–Crippen MR) is 119 cm³/mol. The summed E-state index contributed by atoms with van der Waals surface area (Å²) in [4.78, 5) is 27.1. The van der Waals surface area contributed by atoms with Gasteiger partial charge in [-0.05, 0) is 63.4 Å². The molecule has 0 N–H and O–H groups in total. The lowest BCUT2D eigenvalue weighted by molar-refractivity contribution is -0.122. The van der Waals surface area contributed by atoms with Gasteiger partial charge in [0.1, 0.15) is 0 Å². The molecule has 0 saturated carbocycles. The van der Waals surface area contributed by atoms with E-state index in [1.807, 2.05) is 44.2 Å². The van der Waals surface area contributed by atoms with E-state index in [4.69, 9.17) is 4.74 Å². The maximum absolute atomic E-state index is 12.8. The lowest BCUT2D eigenvalue weighted by Crippen LogP contribution is -2.40. The van der Waals surface area contributed by atoms with Crippen molar-refractivity contribution in [2.24, 2.45) is 0 Å². The molecular weight excluding hydrogens is 416 g/mol. The third-order valence-electron chi connectivity index (χ3n) is 5.28. The Morgan fingerprint density at radius 2 is 1.71 bits per heavy atom. The van der Waals surface area contributed by atoms with Crippen molar-refractivity contribution in [2.45, 2.75) is 44.6 Å². The number of carbonyl (C=O) groups is 2. The second-order valence-corrected chi connectivity index (χ2v) is 9.80. The summed E-state index contributed by atoms with van der Waals surface area (Å²) in [7, 11) is -3.65. The van der Waals surface area contributed by atoms with Crippen molar-refractivity contribution in [1.82, 2.24) is 4.31 Å². The fraction of sp³-hybridized carbons (Fsp3) is 0.391. The Morgan fingerprint density at radius 3 is 2.32 bits per heavy atom. The van der Waals surface area contributed by atoms with E-state index >= 15 is 0 Å². The minimum Gasteiger partial charge on any atom is -0.452 e. The van der Waals surface area contributed by atoms with Crippen LogP contribution in [0.1, 0.15) is 42.6 Å². The van der Waals surface area contributed by atoms with Gasteiger partial charge in [-0.1, -0.05) is 24.3 Å². The average molecular weight is 445 g/mol. The van der Waals surface area contributed by atoms with E-state index in [9.17, 15) is 18.0 Å². The van der Waals surface area contributed by atoms with Crippen LogP contribution in [-0.2, 0) is 19.6 Å². The highest BCUT2D eigenvalue weighted by molar-refractivity contribution is 7.89. The molecular formula is C23H28N2O5S. The minimum absolute atomic E-state index is 0.0615. The van der Waals surface area contributed by atoms with Crippen molar-refractivity contribution >= 4 is 27.6 Å². The maximum Gasteiger partial charge on any atom is 0.338 e. The van der Waals surface area contributed by atoms with Gasteiger partial charge in [-0.15, -0.1) is 0 Å².